The Bertz CT molecular complexity index is 961. The normalized spacial score (nSPS) is 11.5. The molecule has 0 atom stereocenters. The number of ether oxygens (including phenoxy) is 1. The number of carbonyl (C=O) groups excluding carboxylic acids is 1. The highest BCUT2D eigenvalue weighted by Crippen LogP contribution is 2.28. The second-order valence-electron chi connectivity index (χ2n) is 6.30. The molecule has 2 rings (SSSR count). The Morgan fingerprint density at radius 2 is 1.82 bits per heavy atom. The molecule has 6 nitrogen and oxygen atoms in total. The Balaban J connectivity index is 2.17. The molecule has 0 saturated heterocycles. The number of rotatable bonds is 8. The molecule has 28 heavy (non-hydrogen) atoms. The summed E-state index contributed by atoms with van der Waals surface area (Å²) in [5.41, 5.74) is 2.79. The van der Waals surface area contributed by atoms with Crippen LogP contribution in [-0.2, 0) is 14.8 Å². The van der Waals surface area contributed by atoms with Gasteiger partial charge in [0, 0.05) is 12.2 Å². The van der Waals surface area contributed by atoms with Crippen molar-refractivity contribution in [2.75, 3.05) is 25.0 Å². The molecule has 1 amide bonds. The van der Waals surface area contributed by atoms with Crippen LogP contribution in [0, 0.1) is 13.8 Å². The van der Waals surface area contributed by atoms with Crippen LogP contribution in [-0.4, -0.2) is 38.3 Å². The number of nitrogens with one attached hydrogen (secondary N) is 1. The van der Waals surface area contributed by atoms with E-state index in [0.717, 1.165) is 15.4 Å². The zero-order valence-electron chi connectivity index (χ0n) is 16.5. The molecule has 0 aliphatic heterocycles. The lowest BCUT2D eigenvalue weighted by molar-refractivity contribution is -0.116. The smallest absolute Gasteiger partial charge is 0.243 e. The van der Waals surface area contributed by atoms with Crippen LogP contribution < -0.4 is 10.1 Å². The summed E-state index contributed by atoms with van der Waals surface area (Å²) in [4.78, 5) is 12.4. The minimum atomic E-state index is -3.88. The van der Waals surface area contributed by atoms with Gasteiger partial charge in [0.2, 0.25) is 15.9 Å². The molecule has 152 valence electrons. The number of aryl methyl sites for hydroxylation is 2. The standard InChI is InChI=1S/C20H25ClN2O4S/c1-5-23(13-20(24)22-16-8-7-14(3)15(4)11-16)28(25,26)17-9-10-19(27-6-2)18(21)12-17/h7-12H,5-6,13H2,1-4H3,(H,22,24). The van der Waals surface area contributed by atoms with Gasteiger partial charge in [0.15, 0.2) is 0 Å². The predicted molar refractivity (Wildman–Crippen MR) is 112 cm³/mol. The maximum absolute atomic E-state index is 12.9. The van der Waals surface area contributed by atoms with Crippen LogP contribution in [0.1, 0.15) is 25.0 Å². The highest BCUT2D eigenvalue weighted by molar-refractivity contribution is 7.89. The Labute approximate surface area is 171 Å². The van der Waals surface area contributed by atoms with E-state index in [9.17, 15) is 13.2 Å². The molecule has 0 unspecified atom stereocenters. The van der Waals surface area contributed by atoms with Gasteiger partial charge in [-0.3, -0.25) is 4.79 Å². The number of sulfonamides is 1. The van der Waals surface area contributed by atoms with Gasteiger partial charge >= 0.3 is 0 Å². The first-order valence-corrected chi connectivity index (χ1v) is 10.8. The van der Waals surface area contributed by atoms with Crippen LogP contribution in [0.3, 0.4) is 0 Å². The molecule has 0 spiro atoms. The summed E-state index contributed by atoms with van der Waals surface area (Å²) in [7, 11) is -3.88. The largest absolute Gasteiger partial charge is 0.492 e. The van der Waals surface area contributed by atoms with Gasteiger partial charge < -0.3 is 10.1 Å². The van der Waals surface area contributed by atoms with Crippen molar-refractivity contribution in [1.82, 2.24) is 4.31 Å². The van der Waals surface area contributed by atoms with Crippen LogP contribution in [0.4, 0.5) is 5.69 Å². The van der Waals surface area contributed by atoms with Crippen molar-refractivity contribution in [1.29, 1.82) is 0 Å². The number of nitrogens with zero attached hydrogens (tertiary/aromatic N) is 1. The first-order valence-electron chi connectivity index (χ1n) is 8.98. The van der Waals surface area contributed by atoms with Crippen molar-refractivity contribution in [3.05, 3.63) is 52.5 Å². The summed E-state index contributed by atoms with van der Waals surface area (Å²) in [6, 6.07) is 9.83. The molecule has 8 heteroatoms. The molecule has 0 fully saturated rings. The molecule has 2 aromatic rings. The van der Waals surface area contributed by atoms with E-state index in [1.165, 1.54) is 18.2 Å². The molecule has 0 radical (unpaired) electrons. The summed E-state index contributed by atoms with van der Waals surface area (Å²) >= 11 is 6.12. The van der Waals surface area contributed by atoms with Crippen molar-refractivity contribution >= 4 is 33.2 Å². The first kappa shape index (κ1) is 22.2. The maximum Gasteiger partial charge on any atom is 0.243 e. The summed E-state index contributed by atoms with van der Waals surface area (Å²) < 4.78 is 32.3. The van der Waals surface area contributed by atoms with Gasteiger partial charge in [-0.1, -0.05) is 24.6 Å². The van der Waals surface area contributed by atoms with Crippen LogP contribution in [0.15, 0.2) is 41.3 Å². The van der Waals surface area contributed by atoms with E-state index in [4.69, 9.17) is 16.3 Å². The Kier molecular flexibility index (Phi) is 7.46. The molecule has 0 aliphatic rings. The van der Waals surface area contributed by atoms with Crippen molar-refractivity contribution in [3.63, 3.8) is 0 Å². The van der Waals surface area contributed by atoms with Gasteiger partial charge in [-0.05, 0) is 62.2 Å². The van der Waals surface area contributed by atoms with Gasteiger partial charge in [-0.15, -0.1) is 0 Å². The molecule has 0 saturated carbocycles. The number of benzene rings is 2. The number of halogens is 1. The second kappa shape index (κ2) is 9.41. The first-order chi connectivity index (χ1) is 13.2. The lowest BCUT2D eigenvalue weighted by Crippen LogP contribution is -2.37. The molecule has 0 aromatic heterocycles. The summed E-state index contributed by atoms with van der Waals surface area (Å²) in [6.07, 6.45) is 0. The van der Waals surface area contributed by atoms with E-state index in [0.29, 0.717) is 18.0 Å². The zero-order valence-corrected chi connectivity index (χ0v) is 18.0. The molecule has 1 N–H and O–H groups in total. The van der Waals surface area contributed by atoms with E-state index in [-0.39, 0.29) is 23.0 Å². The van der Waals surface area contributed by atoms with E-state index in [1.54, 1.807) is 13.0 Å². The minimum absolute atomic E-state index is 0.0155. The lowest BCUT2D eigenvalue weighted by atomic mass is 10.1. The molecular weight excluding hydrogens is 400 g/mol. The van der Waals surface area contributed by atoms with Crippen LogP contribution in [0.5, 0.6) is 5.75 Å². The molecule has 0 aliphatic carbocycles. The number of anilines is 1. The number of hydrogen-bond acceptors (Lipinski definition) is 4. The van der Waals surface area contributed by atoms with E-state index in [2.05, 4.69) is 5.32 Å². The van der Waals surface area contributed by atoms with Crippen molar-refractivity contribution in [3.8, 4) is 5.75 Å². The van der Waals surface area contributed by atoms with Gasteiger partial charge in [0.1, 0.15) is 5.75 Å². The third kappa shape index (κ3) is 5.25. The zero-order chi connectivity index (χ0) is 20.9. The summed E-state index contributed by atoms with van der Waals surface area (Å²) in [5, 5.41) is 2.95. The Morgan fingerprint density at radius 3 is 2.39 bits per heavy atom. The highest BCUT2D eigenvalue weighted by Gasteiger charge is 2.26. The third-order valence-electron chi connectivity index (χ3n) is 4.30. The van der Waals surface area contributed by atoms with E-state index >= 15 is 0 Å². The van der Waals surface area contributed by atoms with E-state index < -0.39 is 15.9 Å². The van der Waals surface area contributed by atoms with Gasteiger partial charge in [0.25, 0.3) is 0 Å². The molecule has 0 heterocycles. The van der Waals surface area contributed by atoms with E-state index in [1.807, 2.05) is 32.9 Å². The van der Waals surface area contributed by atoms with Crippen LogP contribution in [0.25, 0.3) is 0 Å². The summed E-state index contributed by atoms with van der Waals surface area (Å²) in [6.45, 7) is 7.69. The Hall–Kier alpha value is -2.09. The van der Waals surface area contributed by atoms with Crippen molar-refractivity contribution < 1.29 is 17.9 Å². The lowest BCUT2D eigenvalue weighted by Gasteiger charge is -2.20. The van der Waals surface area contributed by atoms with Crippen molar-refractivity contribution in [2.45, 2.75) is 32.6 Å². The molecule has 0 bridgehead atoms. The topological polar surface area (TPSA) is 75.7 Å². The molecule has 2 aromatic carbocycles. The third-order valence-corrected chi connectivity index (χ3v) is 6.52. The number of amides is 1. The van der Waals surface area contributed by atoms with Gasteiger partial charge in [-0.25, -0.2) is 8.42 Å². The minimum Gasteiger partial charge on any atom is -0.492 e. The van der Waals surface area contributed by atoms with Gasteiger partial charge in [0.05, 0.1) is 23.1 Å². The van der Waals surface area contributed by atoms with Gasteiger partial charge in [-0.2, -0.15) is 4.31 Å². The quantitative estimate of drug-likeness (QED) is 0.694. The number of likely N-dealkylation sites (N-methyl/N-ethyl adjacent to an activating group) is 1. The second-order valence-corrected chi connectivity index (χ2v) is 8.65. The monoisotopic (exact) mass is 424 g/mol. The van der Waals surface area contributed by atoms with Crippen LogP contribution in [0.2, 0.25) is 5.02 Å². The van der Waals surface area contributed by atoms with Crippen LogP contribution >= 0.6 is 11.6 Å². The average Bonchev–Trinajstić information content (AvgIpc) is 2.64. The Morgan fingerprint density at radius 1 is 1.11 bits per heavy atom. The van der Waals surface area contributed by atoms with Crippen molar-refractivity contribution in [2.24, 2.45) is 0 Å². The SMILES string of the molecule is CCOc1ccc(S(=O)(=O)N(CC)CC(=O)Nc2ccc(C)c(C)c2)cc1Cl. The highest BCUT2D eigenvalue weighted by atomic mass is 35.5. The maximum atomic E-state index is 12.9. The number of carbonyl (C=O) groups is 1. The fraction of sp³-hybridized carbons (Fsp3) is 0.350. The predicted octanol–water partition coefficient (Wildman–Crippen LogP) is 4.00. The molecular formula is C20H25ClN2O4S. The average molecular weight is 425 g/mol. The fourth-order valence-electron chi connectivity index (χ4n) is 2.61. The summed E-state index contributed by atoms with van der Waals surface area (Å²) in [5.74, 6) is 0.00404. The number of hydrogen-bond donors (Lipinski definition) is 1. The fourth-order valence-corrected chi connectivity index (χ4v) is 4.34.